The predicted molar refractivity (Wildman–Crippen MR) is 62.9 cm³/mol. The summed E-state index contributed by atoms with van der Waals surface area (Å²) in [7, 11) is 5.47. The molecule has 1 rings (SSSR count). The van der Waals surface area contributed by atoms with Crippen LogP contribution in [0.3, 0.4) is 0 Å². The van der Waals surface area contributed by atoms with Gasteiger partial charge in [0.15, 0.2) is 0 Å². The number of imidazole rings is 1. The van der Waals surface area contributed by atoms with Crippen LogP contribution in [-0.4, -0.2) is 52.9 Å². The van der Waals surface area contributed by atoms with Gasteiger partial charge in [0, 0.05) is 26.3 Å². The van der Waals surface area contributed by atoms with Crippen LogP contribution in [0.5, 0.6) is 0 Å². The number of hydrogen-bond acceptors (Lipinski definition) is 3. The molecule has 0 aliphatic carbocycles. The molecule has 0 aliphatic heterocycles. The first-order chi connectivity index (χ1) is 7.43. The van der Waals surface area contributed by atoms with Crippen molar-refractivity contribution >= 4 is 5.91 Å². The molecule has 1 N–H and O–H groups in total. The second-order valence-electron chi connectivity index (χ2n) is 4.30. The molecule has 1 aromatic rings. The summed E-state index contributed by atoms with van der Waals surface area (Å²) in [5.41, 5.74) is 2.04. The predicted octanol–water partition coefficient (Wildman–Crippen LogP) is 0.627. The number of aromatic amines is 1. The standard InChI is InChI=1S/C11H20N4O/c1-8-10(13-7-12-8)6-15(5)9(2)11(16)14(3)4/h7,9H,6H2,1-5H3,(H,12,13). The van der Waals surface area contributed by atoms with Gasteiger partial charge >= 0.3 is 0 Å². The van der Waals surface area contributed by atoms with Crippen molar-refractivity contribution in [3.8, 4) is 0 Å². The fourth-order valence-electron chi connectivity index (χ4n) is 1.48. The minimum Gasteiger partial charge on any atom is -0.348 e. The van der Waals surface area contributed by atoms with Gasteiger partial charge in [-0.05, 0) is 20.9 Å². The van der Waals surface area contributed by atoms with E-state index in [-0.39, 0.29) is 11.9 Å². The molecule has 1 aromatic heterocycles. The van der Waals surface area contributed by atoms with E-state index in [4.69, 9.17) is 0 Å². The number of carbonyl (C=O) groups excluding carboxylic acids is 1. The van der Waals surface area contributed by atoms with Gasteiger partial charge in [-0.1, -0.05) is 0 Å². The Morgan fingerprint density at radius 2 is 2.12 bits per heavy atom. The molecule has 0 bridgehead atoms. The van der Waals surface area contributed by atoms with Gasteiger partial charge in [0.2, 0.25) is 5.91 Å². The number of aryl methyl sites for hydroxylation is 1. The summed E-state index contributed by atoms with van der Waals surface area (Å²) < 4.78 is 0. The number of aromatic nitrogens is 2. The van der Waals surface area contributed by atoms with Crippen molar-refractivity contribution in [3.63, 3.8) is 0 Å². The van der Waals surface area contributed by atoms with Crippen molar-refractivity contribution in [1.82, 2.24) is 19.8 Å². The SMILES string of the molecule is Cc1[nH]cnc1CN(C)C(C)C(=O)N(C)C. The first-order valence-electron chi connectivity index (χ1n) is 5.33. The maximum Gasteiger partial charge on any atom is 0.239 e. The molecule has 0 aromatic carbocycles. The Balaban J connectivity index is 2.62. The summed E-state index contributed by atoms with van der Waals surface area (Å²) in [5, 5.41) is 0. The van der Waals surface area contributed by atoms with E-state index in [1.807, 2.05) is 25.8 Å². The van der Waals surface area contributed by atoms with Crippen molar-refractivity contribution < 1.29 is 4.79 Å². The van der Waals surface area contributed by atoms with Crippen LogP contribution in [0, 0.1) is 6.92 Å². The van der Waals surface area contributed by atoms with Crippen LogP contribution in [-0.2, 0) is 11.3 Å². The van der Waals surface area contributed by atoms with Crippen molar-refractivity contribution in [1.29, 1.82) is 0 Å². The molecule has 16 heavy (non-hydrogen) atoms. The van der Waals surface area contributed by atoms with Crippen LogP contribution in [0.4, 0.5) is 0 Å². The molecule has 1 atom stereocenters. The lowest BCUT2D eigenvalue weighted by molar-refractivity contribution is -0.133. The second kappa shape index (κ2) is 5.12. The average molecular weight is 224 g/mol. The highest BCUT2D eigenvalue weighted by Crippen LogP contribution is 2.08. The summed E-state index contributed by atoms with van der Waals surface area (Å²) in [5.74, 6) is 0.107. The maximum absolute atomic E-state index is 11.8. The topological polar surface area (TPSA) is 52.2 Å². The number of hydrogen-bond donors (Lipinski definition) is 1. The smallest absolute Gasteiger partial charge is 0.239 e. The highest BCUT2D eigenvalue weighted by Gasteiger charge is 2.20. The lowest BCUT2D eigenvalue weighted by Crippen LogP contribution is -2.42. The first-order valence-corrected chi connectivity index (χ1v) is 5.33. The van der Waals surface area contributed by atoms with Crippen LogP contribution >= 0.6 is 0 Å². The summed E-state index contributed by atoms with van der Waals surface area (Å²) in [6.45, 7) is 4.56. The van der Waals surface area contributed by atoms with E-state index < -0.39 is 0 Å². The number of amides is 1. The Bertz CT molecular complexity index is 359. The van der Waals surface area contributed by atoms with Crippen molar-refractivity contribution in [2.75, 3.05) is 21.1 Å². The Hall–Kier alpha value is -1.36. The zero-order chi connectivity index (χ0) is 12.3. The number of nitrogens with zero attached hydrogens (tertiary/aromatic N) is 3. The third kappa shape index (κ3) is 2.82. The van der Waals surface area contributed by atoms with Gasteiger partial charge in [0.25, 0.3) is 0 Å². The molecule has 0 spiro atoms. The third-order valence-corrected chi connectivity index (χ3v) is 2.79. The molecule has 5 nitrogen and oxygen atoms in total. The van der Waals surface area contributed by atoms with E-state index in [1.165, 1.54) is 0 Å². The molecule has 0 saturated carbocycles. The van der Waals surface area contributed by atoms with Crippen LogP contribution in [0.15, 0.2) is 6.33 Å². The quantitative estimate of drug-likeness (QED) is 0.816. The number of rotatable bonds is 4. The molecule has 1 heterocycles. The number of likely N-dealkylation sites (N-methyl/N-ethyl adjacent to an activating group) is 2. The summed E-state index contributed by atoms with van der Waals surface area (Å²) >= 11 is 0. The molecule has 0 fully saturated rings. The molecule has 1 unspecified atom stereocenters. The van der Waals surface area contributed by atoms with Gasteiger partial charge in [0.1, 0.15) is 0 Å². The minimum absolute atomic E-state index is 0.107. The molecule has 0 aliphatic rings. The molecular weight excluding hydrogens is 204 g/mol. The largest absolute Gasteiger partial charge is 0.348 e. The van der Waals surface area contributed by atoms with Crippen LogP contribution in [0.25, 0.3) is 0 Å². The third-order valence-electron chi connectivity index (χ3n) is 2.79. The summed E-state index contributed by atoms with van der Waals surface area (Å²) in [6, 6.07) is -0.133. The molecule has 1 amide bonds. The van der Waals surface area contributed by atoms with Crippen LogP contribution < -0.4 is 0 Å². The van der Waals surface area contributed by atoms with Gasteiger partial charge in [0.05, 0.1) is 18.1 Å². The van der Waals surface area contributed by atoms with Crippen LogP contribution in [0.2, 0.25) is 0 Å². The van der Waals surface area contributed by atoms with E-state index in [1.54, 1.807) is 25.3 Å². The molecule has 5 heteroatoms. The van der Waals surface area contributed by atoms with E-state index in [0.717, 1.165) is 11.4 Å². The fourth-order valence-corrected chi connectivity index (χ4v) is 1.48. The Kier molecular flexibility index (Phi) is 4.06. The fraction of sp³-hybridized carbons (Fsp3) is 0.636. The molecule has 0 saturated heterocycles. The lowest BCUT2D eigenvalue weighted by atomic mass is 10.2. The molecule has 0 radical (unpaired) electrons. The monoisotopic (exact) mass is 224 g/mol. The van der Waals surface area contributed by atoms with Crippen molar-refractivity contribution in [2.45, 2.75) is 26.4 Å². The van der Waals surface area contributed by atoms with Gasteiger partial charge in [-0.2, -0.15) is 0 Å². The minimum atomic E-state index is -0.133. The normalized spacial score (nSPS) is 12.9. The van der Waals surface area contributed by atoms with E-state index in [2.05, 4.69) is 9.97 Å². The van der Waals surface area contributed by atoms with Crippen molar-refractivity contribution in [2.24, 2.45) is 0 Å². The molecular formula is C11H20N4O. The van der Waals surface area contributed by atoms with Gasteiger partial charge in [-0.15, -0.1) is 0 Å². The zero-order valence-corrected chi connectivity index (χ0v) is 10.6. The Morgan fingerprint density at radius 3 is 2.56 bits per heavy atom. The zero-order valence-electron chi connectivity index (χ0n) is 10.6. The number of nitrogens with one attached hydrogen (secondary N) is 1. The Morgan fingerprint density at radius 1 is 1.50 bits per heavy atom. The van der Waals surface area contributed by atoms with E-state index >= 15 is 0 Å². The Labute approximate surface area is 96.5 Å². The maximum atomic E-state index is 11.8. The van der Waals surface area contributed by atoms with Gasteiger partial charge < -0.3 is 9.88 Å². The number of H-pyrrole nitrogens is 1. The van der Waals surface area contributed by atoms with Crippen LogP contribution in [0.1, 0.15) is 18.3 Å². The number of carbonyl (C=O) groups is 1. The molecule has 90 valence electrons. The summed E-state index contributed by atoms with van der Waals surface area (Å²) in [6.07, 6.45) is 1.68. The summed E-state index contributed by atoms with van der Waals surface area (Å²) in [4.78, 5) is 22.6. The average Bonchev–Trinajstić information content (AvgIpc) is 2.62. The van der Waals surface area contributed by atoms with Crippen molar-refractivity contribution in [3.05, 3.63) is 17.7 Å². The highest BCUT2D eigenvalue weighted by atomic mass is 16.2. The lowest BCUT2D eigenvalue weighted by Gasteiger charge is -2.25. The second-order valence-corrected chi connectivity index (χ2v) is 4.30. The van der Waals surface area contributed by atoms with Gasteiger partial charge in [-0.25, -0.2) is 4.98 Å². The first kappa shape index (κ1) is 12.7. The van der Waals surface area contributed by atoms with E-state index in [9.17, 15) is 4.79 Å². The van der Waals surface area contributed by atoms with Gasteiger partial charge in [-0.3, -0.25) is 9.69 Å². The van der Waals surface area contributed by atoms with E-state index in [0.29, 0.717) is 6.54 Å². The highest BCUT2D eigenvalue weighted by molar-refractivity contribution is 5.80.